The summed E-state index contributed by atoms with van der Waals surface area (Å²) in [4.78, 5) is 10.9. The molecule has 3 heteroatoms. The van der Waals surface area contributed by atoms with Gasteiger partial charge in [0.2, 0.25) is 0 Å². The van der Waals surface area contributed by atoms with Crippen LogP contribution in [0.3, 0.4) is 0 Å². The first-order chi connectivity index (χ1) is 7.36. The molecule has 0 aliphatic rings. The minimum absolute atomic E-state index is 0.629. The average Bonchev–Trinajstić information content (AvgIpc) is 2.20. The zero-order chi connectivity index (χ0) is 12.3. The third-order valence-electron chi connectivity index (χ3n) is 2.53. The molecule has 0 spiro atoms. The molecule has 3 nitrogen and oxygen atoms in total. The van der Waals surface area contributed by atoms with Crippen molar-refractivity contribution in [2.24, 2.45) is 0 Å². The Hall–Kier alpha value is -1.51. The van der Waals surface area contributed by atoms with Crippen molar-refractivity contribution in [3.8, 4) is 5.75 Å². The minimum Gasteiger partial charge on any atom is -0.478 e. The SMILES string of the molecule is CCc1ccc(OC(C)(C)C(=O)O)c(C)c1. The summed E-state index contributed by atoms with van der Waals surface area (Å²) in [5.41, 5.74) is 0.991. The molecule has 0 aliphatic carbocycles. The molecule has 0 unspecified atom stereocenters. The topological polar surface area (TPSA) is 46.5 Å². The Bertz CT molecular complexity index is 394. The third kappa shape index (κ3) is 2.75. The number of hydrogen-bond donors (Lipinski definition) is 1. The summed E-state index contributed by atoms with van der Waals surface area (Å²) in [6.45, 7) is 7.09. The van der Waals surface area contributed by atoms with Crippen LogP contribution < -0.4 is 4.74 Å². The van der Waals surface area contributed by atoms with Gasteiger partial charge in [0.15, 0.2) is 5.60 Å². The summed E-state index contributed by atoms with van der Waals surface area (Å²) in [7, 11) is 0. The van der Waals surface area contributed by atoms with Gasteiger partial charge < -0.3 is 9.84 Å². The summed E-state index contributed by atoms with van der Waals surface area (Å²) < 4.78 is 5.49. The van der Waals surface area contributed by atoms with E-state index < -0.39 is 11.6 Å². The van der Waals surface area contributed by atoms with Crippen molar-refractivity contribution in [3.63, 3.8) is 0 Å². The second-order valence-corrected chi connectivity index (χ2v) is 4.37. The molecule has 0 saturated heterocycles. The molecule has 0 heterocycles. The lowest BCUT2D eigenvalue weighted by Gasteiger charge is -2.22. The Balaban J connectivity index is 2.94. The molecule has 0 aromatic heterocycles. The summed E-state index contributed by atoms with van der Waals surface area (Å²) in [6.07, 6.45) is 0.962. The van der Waals surface area contributed by atoms with E-state index >= 15 is 0 Å². The number of carboxylic acids is 1. The van der Waals surface area contributed by atoms with Gasteiger partial charge in [-0.2, -0.15) is 0 Å². The number of carbonyl (C=O) groups is 1. The molecular formula is C13H18O3. The predicted octanol–water partition coefficient (Wildman–Crippen LogP) is 2.80. The highest BCUT2D eigenvalue weighted by molar-refractivity contribution is 5.76. The first-order valence-electron chi connectivity index (χ1n) is 5.38. The van der Waals surface area contributed by atoms with Crippen LogP contribution in [0.1, 0.15) is 31.9 Å². The summed E-state index contributed by atoms with van der Waals surface area (Å²) >= 11 is 0. The molecule has 88 valence electrons. The number of ether oxygens (including phenoxy) is 1. The number of aryl methyl sites for hydroxylation is 2. The fraction of sp³-hybridized carbons (Fsp3) is 0.462. The average molecular weight is 222 g/mol. The van der Waals surface area contributed by atoms with Gasteiger partial charge in [0.1, 0.15) is 5.75 Å². The molecule has 0 aliphatic heterocycles. The predicted molar refractivity (Wildman–Crippen MR) is 62.9 cm³/mol. The molecule has 1 aromatic carbocycles. The van der Waals surface area contributed by atoms with E-state index in [-0.39, 0.29) is 0 Å². The summed E-state index contributed by atoms with van der Waals surface area (Å²) in [5.74, 6) is -0.337. The second-order valence-electron chi connectivity index (χ2n) is 4.37. The van der Waals surface area contributed by atoms with Gasteiger partial charge in [-0.1, -0.05) is 19.1 Å². The Morgan fingerprint density at radius 2 is 2.06 bits per heavy atom. The van der Waals surface area contributed by atoms with Crippen molar-refractivity contribution >= 4 is 5.97 Å². The van der Waals surface area contributed by atoms with Gasteiger partial charge >= 0.3 is 5.97 Å². The fourth-order valence-corrected chi connectivity index (χ4v) is 1.36. The summed E-state index contributed by atoms with van der Waals surface area (Å²) in [5, 5.41) is 8.97. The monoisotopic (exact) mass is 222 g/mol. The Morgan fingerprint density at radius 1 is 1.44 bits per heavy atom. The van der Waals surface area contributed by atoms with Gasteiger partial charge in [0.25, 0.3) is 0 Å². The maximum atomic E-state index is 10.9. The van der Waals surface area contributed by atoms with Gasteiger partial charge in [-0.25, -0.2) is 4.79 Å². The molecule has 0 fully saturated rings. The number of carboxylic acid groups (broad SMARTS) is 1. The molecular weight excluding hydrogens is 204 g/mol. The fourth-order valence-electron chi connectivity index (χ4n) is 1.36. The van der Waals surface area contributed by atoms with Gasteiger partial charge in [0, 0.05) is 0 Å². The maximum absolute atomic E-state index is 10.9. The van der Waals surface area contributed by atoms with Crippen LogP contribution in [0.2, 0.25) is 0 Å². The van der Waals surface area contributed by atoms with Crippen LogP contribution >= 0.6 is 0 Å². The maximum Gasteiger partial charge on any atom is 0.347 e. The van der Waals surface area contributed by atoms with Crippen molar-refractivity contribution in [2.75, 3.05) is 0 Å². The van der Waals surface area contributed by atoms with E-state index in [9.17, 15) is 4.79 Å². The minimum atomic E-state index is -1.20. The second kappa shape index (κ2) is 4.56. The van der Waals surface area contributed by atoms with Crippen LogP contribution in [0, 0.1) is 6.92 Å². The molecule has 1 N–H and O–H groups in total. The summed E-state index contributed by atoms with van der Waals surface area (Å²) in [6, 6.07) is 5.81. The lowest BCUT2D eigenvalue weighted by atomic mass is 10.1. The Labute approximate surface area is 96.1 Å². The van der Waals surface area contributed by atoms with E-state index in [4.69, 9.17) is 9.84 Å². The van der Waals surface area contributed by atoms with E-state index in [0.29, 0.717) is 5.75 Å². The van der Waals surface area contributed by atoms with Crippen LogP contribution in [0.5, 0.6) is 5.75 Å². The normalized spacial score (nSPS) is 11.2. The highest BCUT2D eigenvalue weighted by atomic mass is 16.5. The Morgan fingerprint density at radius 3 is 2.50 bits per heavy atom. The molecule has 16 heavy (non-hydrogen) atoms. The van der Waals surface area contributed by atoms with E-state index in [2.05, 4.69) is 6.92 Å². The quantitative estimate of drug-likeness (QED) is 0.852. The number of benzene rings is 1. The van der Waals surface area contributed by atoms with Crippen molar-refractivity contribution in [2.45, 2.75) is 39.7 Å². The highest BCUT2D eigenvalue weighted by Crippen LogP contribution is 2.24. The molecule has 0 amide bonds. The van der Waals surface area contributed by atoms with Crippen LogP contribution in [-0.2, 0) is 11.2 Å². The highest BCUT2D eigenvalue weighted by Gasteiger charge is 2.29. The van der Waals surface area contributed by atoms with Crippen LogP contribution in [0.25, 0.3) is 0 Å². The first-order valence-corrected chi connectivity index (χ1v) is 5.38. The van der Waals surface area contributed by atoms with E-state index in [1.807, 2.05) is 25.1 Å². The molecule has 0 radical (unpaired) electrons. The zero-order valence-electron chi connectivity index (χ0n) is 10.2. The first kappa shape index (κ1) is 12.6. The van der Waals surface area contributed by atoms with Gasteiger partial charge in [-0.15, -0.1) is 0 Å². The largest absolute Gasteiger partial charge is 0.478 e. The van der Waals surface area contributed by atoms with Gasteiger partial charge in [0.05, 0.1) is 0 Å². The van der Waals surface area contributed by atoms with Gasteiger partial charge in [-0.3, -0.25) is 0 Å². The third-order valence-corrected chi connectivity index (χ3v) is 2.53. The van der Waals surface area contributed by atoms with Crippen molar-refractivity contribution < 1.29 is 14.6 Å². The van der Waals surface area contributed by atoms with Crippen LogP contribution in [0.15, 0.2) is 18.2 Å². The number of aliphatic carboxylic acids is 1. The number of rotatable bonds is 4. The van der Waals surface area contributed by atoms with Crippen LogP contribution in [-0.4, -0.2) is 16.7 Å². The van der Waals surface area contributed by atoms with E-state index in [0.717, 1.165) is 12.0 Å². The lowest BCUT2D eigenvalue weighted by Crippen LogP contribution is -2.38. The zero-order valence-corrected chi connectivity index (χ0v) is 10.2. The van der Waals surface area contributed by atoms with E-state index in [1.165, 1.54) is 5.56 Å². The standard InChI is InChI=1S/C13H18O3/c1-5-10-6-7-11(9(2)8-10)16-13(3,4)12(14)15/h6-8H,5H2,1-4H3,(H,14,15). The van der Waals surface area contributed by atoms with Crippen LogP contribution in [0.4, 0.5) is 0 Å². The molecule has 0 atom stereocenters. The smallest absolute Gasteiger partial charge is 0.347 e. The molecule has 0 saturated carbocycles. The molecule has 1 rings (SSSR count). The van der Waals surface area contributed by atoms with Gasteiger partial charge in [-0.05, 0) is 44.4 Å². The molecule has 0 bridgehead atoms. The number of hydrogen-bond acceptors (Lipinski definition) is 2. The van der Waals surface area contributed by atoms with Crippen molar-refractivity contribution in [1.82, 2.24) is 0 Å². The lowest BCUT2D eigenvalue weighted by molar-refractivity contribution is -0.152. The van der Waals surface area contributed by atoms with Crippen molar-refractivity contribution in [1.29, 1.82) is 0 Å². The van der Waals surface area contributed by atoms with E-state index in [1.54, 1.807) is 13.8 Å². The van der Waals surface area contributed by atoms with Crippen molar-refractivity contribution in [3.05, 3.63) is 29.3 Å². The Kier molecular flexibility index (Phi) is 3.58. The molecule has 1 aromatic rings.